The number of hydrogen-bond acceptors (Lipinski definition) is 4. The predicted molar refractivity (Wildman–Crippen MR) is 111 cm³/mol. The van der Waals surface area contributed by atoms with Crippen molar-refractivity contribution in [1.29, 1.82) is 0 Å². The van der Waals surface area contributed by atoms with Crippen LogP contribution in [-0.4, -0.2) is 22.3 Å². The molecule has 0 aromatic heterocycles. The van der Waals surface area contributed by atoms with Crippen molar-refractivity contribution in [2.45, 2.75) is 6.42 Å². The number of phenolic OH excluding ortho intramolecular Hbond substituents is 2. The minimum Gasteiger partial charge on any atom is -0.507 e. The van der Waals surface area contributed by atoms with Gasteiger partial charge in [0.1, 0.15) is 11.5 Å². The van der Waals surface area contributed by atoms with Crippen LogP contribution in [0.1, 0.15) is 27.0 Å². The molecule has 0 radical (unpaired) electrons. The summed E-state index contributed by atoms with van der Waals surface area (Å²) in [6.07, 6.45) is 1.91. The van der Waals surface area contributed by atoms with Crippen molar-refractivity contribution in [2.24, 2.45) is 5.10 Å². The van der Waals surface area contributed by atoms with Crippen LogP contribution < -0.4 is 5.43 Å². The summed E-state index contributed by atoms with van der Waals surface area (Å²) in [7, 11) is 0. The van der Waals surface area contributed by atoms with Crippen LogP contribution in [0.25, 0.3) is 0 Å². The number of carbonyl (C=O) groups excluding carboxylic acids is 1. The van der Waals surface area contributed by atoms with Gasteiger partial charge in [-0.25, -0.2) is 5.43 Å². The molecule has 142 valence electrons. The summed E-state index contributed by atoms with van der Waals surface area (Å²) >= 11 is 12.0. The molecule has 0 unspecified atom stereocenters. The fourth-order valence-corrected chi connectivity index (χ4v) is 2.96. The van der Waals surface area contributed by atoms with Gasteiger partial charge < -0.3 is 10.2 Å². The molecule has 0 atom stereocenters. The first-order valence-electron chi connectivity index (χ1n) is 8.31. The zero-order chi connectivity index (χ0) is 20.1. The topological polar surface area (TPSA) is 81.9 Å². The first-order chi connectivity index (χ1) is 13.4. The van der Waals surface area contributed by atoms with Crippen molar-refractivity contribution < 1.29 is 15.0 Å². The molecule has 3 N–H and O–H groups in total. The van der Waals surface area contributed by atoms with Crippen LogP contribution in [0.3, 0.4) is 0 Å². The van der Waals surface area contributed by atoms with Gasteiger partial charge >= 0.3 is 0 Å². The maximum atomic E-state index is 12.1. The highest BCUT2D eigenvalue weighted by Crippen LogP contribution is 2.23. The van der Waals surface area contributed by atoms with E-state index in [9.17, 15) is 15.0 Å². The van der Waals surface area contributed by atoms with Crippen molar-refractivity contribution in [2.75, 3.05) is 0 Å². The van der Waals surface area contributed by atoms with Gasteiger partial charge in [-0.3, -0.25) is 4.79 Å². The lowest BCUT2D eigenvalue weighted by atomic mass is 10.0. The highest BCUT2D eigenvalue weighted by Gasteiger charge is 2.11. The molecule has 28 heavy (non-hydrogen) atoms. The second-order valence-corrected chi connectivity index (χ2v) is 6.87. The number of halogens is 2. The summed E-state index contributed by atoms with van der Waals surface area (Å²) in [5, 5.41) is 24.6. The summed E-state index contributed by atoms with van der Waals surface area (Å²) in [6.45, 7) is 0. The van der Waals surface area contributed by atoms with Gasteiger partial charge in [0.05, 0.1) is 11.8 Å². The molecule has 7 heteroatoms. The van der Waals surface area contributed by atoms with E-state index in [1.807, 2.05) is 24.3 Å². The summed E-state index contributed by atoms with van der Waals surface area (Å²) < 4.78 is 0. The lowest BCUT2D eigenvalue weighted by Crippen LogP contribution is -2.17. The van der Waals surface area contributed by atoms with Gasteiger partial charge in [0.25, 0.3) is 5.91 Å². The number of carbonyl (C=O) groups is 1. The average molecular weight is 415 g/mol. The molecule has 0 aliphatic carbocycles. The van der Waals surface area contributed by atoms with Gasteiger partial charge in [-0.05, 0) is 53.9 Å². The van der Waals surface area contributed by atoms with Gasteiger partial charge in [-0.1, -0.05) is 47.5 Å². The third-order valence-electron chi connectivity index (χ3n) is 4.02. The van der Waals surface area contributed by atoms with E-state index in [2.05, 4.69) is 10.5 Å². The number of hydrogen-bond donors (Lipinski definition) is 3. The zero-order valence-electron chi connectivity index (χ0n) is 14.6. The Kier molecular flexibility index (Phi) is 6.19. The molecule has 3 rings (SSSR count). The maximum Gasteiger partial charge on any atom is 0.275 e. The molecule has 3 aromatic rings. The molecule has 5 nitrogen and oxygen atoms in total. The van der Waals surface area contributed by atoms with Crippen LogP contribution in [0.4, 0.5) is 0 Å². The van der Waals surface area contributed by atoms with Gasteiger partial charge in [0.2, 0.25) is 0 Å². The molecule has 0 aliphatic rings. The third-order valence-corrected chi connectivity index (χ3v) is 4.62. The predicted octanol–water partition coefficient (Wildman–Crippen LogP) is 4.76. The van der Waals surface area contributed by atoms with Crippen LogP contribution in [0, 0.1) is 0 Å². The number of hydrazone groups is 1. The van der Waals surface area contributed by atoms with Gasteiger partial charge in [0.15, 0.2) is 0 Å². The Balaban J connectivity index is 1.74. The van der Waals surface area contributed by atoms with Crippen molar-refractivity contribution in [1.82, 2.24) is 5.43 Å². The minimum atomic E-state index is -0.622. The fourth-order valence-electron chi connectivity index (χ4n) is 2.59. The summed E-state index contributed by atoms with van der Waals surface area (Å²) in [5.74, 6) is -0.809. The van der Waals surface area contributed by atoms with Crippen molar-refractivity contribution in [3.8, 4) is 11.5 Å². The normalized spacial score (nSPS) is 10.9. The summed E-state index contributed by atoms with van der Waals surface area (Å²) in [6, 6.07) is 16.8. The van der Waals surface area contributed by atoms with Crippen LogP contribution >= 0.6 is 23.2 Å². The van der Waals surface area contributed by atoms with E-state index in [-0.39, 0.29) is 17.1 Å². The Bertz CT molecular complexity index is 1050. The number of aromatic hydroxyl groups is 2. The molecule has 3 aromatic carbocycles. The summed E-state index contributed by atoms with van der Waals surface area (Å²) in [4.78, 5) is 12.1. The standard InChI is InChI=1S/C21H16Cl2N2O3/c22-16-6-8-20(27)17(11-16)21(28)25-24-12-15-10-13(5-7-19(15)26)9-14-3-1-2-4-18(14)23/h1-8,10-12,26-27H,9H2,(H,25,28)/b24-12-. The highest BCUT2D eigenvalue weighted by molar-refractivity contribution is 6.31. The monoisotopic (exact) mass is 414 g/mol. The van der Waals surface area contributed by atoms with Crippen LogP contribution in [0.15, 0.2) is 65.8 Å². The molecular weight excluding hydrogens is 399 g/mol. The Hall–Kier alpha value is -3.02. The van der Waals surface area contributed by atoms with E-state index in [4.69, 9.17) is 23.2 Å². The number of nitrogens with zero attached hydrogens (tertiary/aromatic N) is 1. The Morgan fingerprint density at radius 3 is 2.54 bits per heavy atom. The molecule has 0 spiro atoms. The minimum absolute atomic E-state index is 0.00124. The van der Waals surface area contributed by atoms with E-state index in [1.54, 1.807) is 18.2 Å². The van der Waals surface area contributed by atoms with Crippen molar-refractivity contribution >= 4 is 35.3 Å². The second-order valence-electron chi connectivity index (χ2n) is 6.02. The fraction of sp³-hybridized carbons (Fsp3) is 0.0476. The number of nitrogens with one attached hydrogen (secondary N) is 1. The van der Waals surface area contributed by atoms with Gasteiger partial charge in [0, 0.05) is 15.6 Å². The Morgan fingerprint density at radius 2 is 1.75 bits per heavy atom. The third kappa shape index (κ3) is 4.82. The van der Waals surface area contributed by atoms with E-state index in [0.29, 0.717) is 22.0 Å². The molecule has 1 amide bonds. The average Bonchev–Trinajstić information content (AvgIpc) is 2.68. The number of benzene rings is 3. The summed E-state index contributed by atoms with van der Waals surface area (Å²) in [5.41, 5.74) is 4.62. The molecule has 0 heterocycles. The molecule has 0 saturated carbocycles. The lowest BCUT2D eigenvalue weighted by Gasteiger charge is -2.07. The van der Waals surface area contributed by atoms with E-state index in [0.717, 1.165) is 11.1 Å². The van der Waals surface area contributed by atoms with Gasteiger partial charge in [-0.15, -0.1) is 0 Å². The number of phenols is 2. The second kappa shape index (κ2) is 8.78. The van der Waals surface area contributed by atoms with Crippen molar-refractivity contribution in [3.63, 3.8) is 0 Å². The molecular formula is C21H16Cl2N2O3. The molecule has 0 fully saturated rings. The Labute approximate surface area is 171 Å². The number of rotatable bonds is 5. The first kappa shape index (κ1) is 19.7. The van der Waals surface area contributed by atoms with Crippen LogP contribution in [0.2, 0.25) is 10.0 Å². The zero-order valence-corrected chi connectivity index (χ0v) is 16.1. The Morgan fingerprint density at radius 1 is 1.00 bits per heavy atom. The van der Waals surface area contributed by atoms with E-state index < -0.39 is 5.91 Å². The first-order valence-corrected chi connectivity index (χ1v) is 9.07. The molecule has 0 saturated heterocycles. The molecule has 0 bridgehead atoms. The quantitative estimate of drug-likeness (QED) is 0.415. The SMILES string of the molecule is O=C(N/N=C\c1cc(Cc2ccccc2Cl)ccc1O)c1cc(Cl)ccc1O. The van der Waals surface area contributed by atoms with E-state index in [1.165, 1.54) is 24.4 Å². The largest absolute Gasteiger partial charge is 0.507 e. The highest BCUT2D eigenvalue weighted by atomic mass is 35.5. The number of amides is 1. The smallest absolute Gasteiger partial charge is 0.275 e. The van der Waals surface area contributed by atoms with Gasteiger partial charge in [-0.2, -0.15) is 5.10 Å². The van der Waals surface area contributed by atoms with Crippen molar-refractivity contribution in [3.05, 3.63) is 93.0 Å². The lowest BCUT2D eigenvalue weighted by molar-refractivity contribution is 0.0952. The van der Waals surface area contributed by atoms with Crippen LogP contribution in [0.5, 0.6) is 11.5 Å². The maximum absolute atomic E-state index is 12.1. The molecule has 0 aliphatic heterocycles. The van der Waals surface area contributed by atoms with E-state index >= 15 is 0 Å². The van der Waals surface area contributed by atoms with Crippen LogP contribution in [-0.2, 0) is 6.42 Å².